The van der Waals surface area contributed by atoms with E-state index in [1.807, 2.05) is 0 Å². The number of amides is 1. The van der Waals surface area contributed by atoms with Crippen molar-refractivity contribution in [1.82, 2.24) is 4.90 Å². The highest BCUT2D eigenvalue weighted by Crippen LogP contribution is 2.22. The van der Waals surface area contributed by atoms with Crippen LogP contribution >= 0.6 is 11.8 Å². The van der Waals surface area contributed by atoms with Crippen LogP contribution in [0.5, 0.6) is 5.75 Å². The maximum Gasteiger partial charge on any atom is 0.232 e. The van der Waals surface area contributed by atoms with Crippen LogP contribution in [0.2, 0.25) is 0 Å². The average Bonchev–Trinajstić information content (AvgIpc) is 2.77. The third-order valence-corrected chi connectivity index (χ3v) is 6.10. The predicted octanol–water partition coefficient (Wildman–Crippen LogP) is 1.13. The summed E-state index contributed by atoms with van der Waals surface area (Å²) in [5, 5.41) is 9.17. The first-order chi connectivity index (χ1) is 9.37. The van der Waals surface area contributed by atoms with E-state index in [4.69, 9.17) is 0 Å². The minimum atomic E-state index is -2.97. The predicted molar refractivity (Wildman–Crippen MR) is 78.7 cm³/mol. The number of carbonyl (C=O) groups excluding carboxylic acids is 1. The fourth-order valence-corrected chi connectivity index (χ4v) is 4.67. The van der Waals surface area contributed by atoms with Gasteiger partial charge in [-0.2, -0.15) is 0 Å². The number of hydrogen-bond acceptors (Lipinski definition) is 5. The Hall–Kier alpha value is -1.21. The second kappa shape index (κ2) is 6.05. The van der Waals surface area contributed by atoms with Gasteiger partial charge < -0.3 is 10.0 Å². The lowest BCUT2D eigenvalue weighted by Gasteiger charge is -2.23. The van der Waals surface area contributed by atoms with Crippen molar-refractivity contribution in [1.29, 1.82) is 0 Å². The molecule has 1 aromatic rings. The van der Waals surface area contributed by atoms with Gasteiger partial charge in [-0.3, -0.25) is 4.79 Å². The molecule has 0 aliphatic carbocycles. The van der Waals surface area contributed by atoms with Crippen molar-refractivity contribution in [2.24, 2.45) is 0 Å². The lowest BCUT2D eigenvalue weighted by atomic mass is 10.2. The molecule has 1 fully saturated rings. The molecule has 2 rings (SSSR count). The minimum Gasteiger partial charge on any atom is -0.508 e. The smallest absolute Gasteiger partial charge is 0.232 e. The van der Waals surface area contributed by atoms with Gasteiger partial charge in [0.2, 0.25) is 5.91 Å². The Morgan fingerprint density at radius 2 is 2.05 bits per heavy atom. The van der Waals surface area contributed by atoms with Gasteiger partial charge in [-0.25, -0.2) is 8.42 Å². The highest BCUT2D eigenvalue weighted by Gasteiger charge is 2.32. The molecule has 1 aromatic carbocycles. The van der Waals surface area contributed by atoms with Crippen molar-refractivity contribution in [3.8, 4) is 5.75 Å². The SMILES string of the molecule is CN(C(=O)CSc1ccc(O)cc1)C1CCS(=O)(=O)C1. The molecule has 1 N–H and O–H groups in total. The summed E-state index contributed by atoms with van der Waals surface area (Å²) in [6.45, 7) is 0. The monoisotopic (exact) mass is 315 g/mol. The summed E-state index contributed by atoms with van der Waals surface area (Å²) in [6.07, 6.45) is 0.522. The van der Waals surface area contributed by atoms with Crippen LogP contribution in [0.4, 0.5) is 0 Å². The van der Waals surface area contributed by atoms with Crippen LogP contribution in [0.3, 0.4) is 0 Å². The molecular weight excluding hydrogens is 298 g/mol. The molecule has 20 heavy (non-hydrogen) atoms. The first kappa shape index (κ1) is 15.2. The second-order valence-corrected chi connectivity index (χ2v) is 8.12. The Balaban J connectivity index is 1.87. The number of aromatic hydroxyl groups is 1. The molecular formula is C13H17NO4S2. The van der Waals surface area contributed by atoms with E-state index in [1.54, 1.807) is 31.3 Å². The standard InChI is InChI=1S/C13H17NO4S2/c1-14(10-6-7-20(17,18)9-10)13(16)8-19-12-4-2-11(15)3-5-12/h2-5,10,15H,6-9H2,1H3. The van der Waals surface area contributed by atoms with Crippen molar-refractivity contribution >= 4 is 27.5 Å². The number of carbonyl (C=O) groups is 1. The van der Waals surface area contributed by atoms with E-state index >= 15 is 0 Å². The molecule has 5 nitrogen and oxygen atoms in total. The second-order valence-electron chi connectivity index (χ2n) is 4.84. The number of phenols is 1. The molecule has 1 aliphatic rings. The maximum atomic E-state index is 12.0. The summed E-state index contributed by atoms with van der Waals surface area (Å²) in [7, 11) is -1.32. The highest BCUT2D eigenvalue weighted by atomic mass is 32.2. The van der Waals surface area contributed by atoms with Crippen LogP contribution in [-0.2, 0) is 14.6 Å². The summed E-state index contributed by atoms with van der Waals surface area (Å²) in [5.74, 6) is 0.608. The fraction of sp³-hybridized carbons (Fsp3) is 0.462. The number of rotatable bonds is 4. The zero-order valence-electron chi connectivity index (χ0n) is 11.2. The number of hydrogen-bond donors (Lipinski definition) is 1. The first-order valence-corrected chi connectivity index (χ1v) is 9.06. The van der Waals surface area contributed by atoms with Crippen LogP contribution in [0.1, 0.15) is 6.42 Å². The van der Waals surface area contributed by atoms with Gasteiger partial charge in [0.05, 0.1) is 17.3 Å². The van der Waals surface area contributed by atoms with Crippen molar-refractivity contribution in [3.63, 3.8) is 0 Å². The van der Waals surface area contributed by atoms with E-state index in [1.165, 1.54) is 16.7 Å². The van der Waals surface area contributed by atoms with Crippen molar-refractivity contribution < 1.29 is 18.3 Å². The molecule has 0 aromatic heterocycles. The summed E-state index contributed by atoms with van der Waals surface area (Å²) < 4.78 is 22.8. The topological polar surface area (TPSA) is 74.7 Å². The van der Waals surface area contributed by atoms with E-state index < -0.39 is 9.84 Å². The largest absolute Gasteiger partial charge is 0.508 e. The van der Waals surface area contributed by atoms with Gasteiger partial charge >= 0.3 is 0 Å². The molecule has 1 heterocycles. The van der Waals surface area contributed by atoms with Crippen LogP contribution < -0.4 is 0 Å². The summed E-state index contributed by atoms with van der Waals surface area (Å²) in [6, 6.07) is 6.42. The Kier molecular flexibility index (Phi) is 4.59. The van der Waals surface area contributed by atoms with E-state index in [0.717, 1.165) is 4.90 Å². The van der Waals surface area contributed by atoms with Crippen LogP contribution in [0.15, 0.2) is 29.2 Å². The molecule has 1 aliphatic heterocycles. The van der Waals surface area contributed by atoms with Crippen LogP contribution in [-0.4, -0.2) is 54.7 Å². The molecule has 1 saturated heterocycles. The number of benzene rings is 1. The Labute approximate surface area is 122 Å². The van der Waals surface area contributed by atoms with Crippen molar-refractivity contribution in [2.75, 3.05) is 24.3 Å². The third kappa shape index (κ3) is 3.89. The third-order valence-electron chi connectivity index (χ3n) is 3.35. The van der Waals surface area contributed by atoms with Gasteiger partial charge in [-0.1, -0.05) is 0 Å². The number of sulfone groups is 1. The van der Waals surface area contributed by atoms with Gasteiger partial charge in [-0.15, -0.1) is 11.8 Å². The van der Waals surface area contributed by atoms with Gasteiger partial charge in [0.25, 0.3) is 0 Å². The van der Waals surface area contributed by atoms with E-state index in [2.05, 4.69) is 0 Å². The van der Waals surface area contributed by atoms with Crippen LogP contribution in [0, 0.1) is 0 Å². The minimum absolute atomic E-state index is 0.0686. The Morgan fingerprint density at radius 1 is 1.40 bits per heavy atom. The van der Waals surface area contributed by atoms with E-state index in [0.29, 0.717) is 6.42 Å². The van der Waals surface area contributed by atoms with E-state index in [9.17, 15) is 18.3 Å². The normalized spacial score (nSPS) is 20.8. The molecule has 1 unspecified atom stereocenters. The number of thioether (sulfide) groups is 1. The zero-order chi connectivity index (χ0) is 14.8. The number of nitrogens with zero attached hydrogens (tertiary/aromatic N) is 1. The summed E-state index contributed by atoms with van der Waals surface area (Å²) in [4.78, 5) is 14.5. The van der Waals surface area contributed by atoms with Crippen molar-refractivity contribution in [2.45, 2.75) is 17.4 Å². The quantitative estimate of drug-likeness (QED) is 0.843. The summed E-state index contributed by atoms with van der Waals surface area (Å²) in [5.41, 5.74) is 0. The van der Waals surface area contributed by atoms with Gasteiger partial charge in [0.1, 0.15) is 5.75 Å². The lowest BCUT2D eigenvalue weighted by molar-refractivity contribution is -0.128. The van der Waals surface area contributed by atoms with Gasteiger partial charge in [-0.05, 0) is 30.7 Å². The molecule has 0 spiro atoms. The summed E-state index contributed by atoms with van der Waals surface area (Å²) >= 11 is 1.37. The Bertz CT molecular complexity index is 583. The molecule has 0 bridgehead atoms. The van der Waals surface area contributed by atoms with Gasteiger partial charge in [0.15, 0.2) is 9.84 Å². The molecule has 7 heteroatoms. The molecule has 1 amide bonds. The van der Waals surface area contributed by atoms with Crippen molar-refractivity contribution in [3.05, 3.63) is 24.3 Å². The molecule has 110 valence electrons. The Morgan fingerprint density at radius 3 is 2.60 bits per heavy atom. The van der Waals surface area contributed by atoms with Gasteiger partial charge in [0, 0.05) is 18.0 Å². The molecule has 1 atom stereocenters. The number of phenolic OH excluding ortho intramolecular Hbond substituents is 1. The van der Waals surface area contributed by atoms with E-state index in [-0.39, 0.29) is 35.0 Å². The molecule has 0 radical (unpaired) electrons. The zero-order valence-corrected chi connectivity index (χ0v) is 12.8. The average molecular weight is 315 g/mol. The first-order valence-electron chi connectivity index (χ1n) is 6.25. The molecule has 0 saturated carbocycles. The van der Waals surface area contributed by atoms with Crippen LogP contribution in [0.25, 0.3) is 0 Å². The fourth-order valence-electron chi connectivity index (χ4n) is 2.07. The maximum absolute atomic E-state index is 12.0. The highest BCUT2D eigenvalue weighted by molar-refractivity contribution is 8.00. The lowest BCUT2D eigenvalue weighted by Crippen LogP contribution is -2.38.